The van der Waals surface area contributed by atoms with E-state index in [4.69, 9.17) is 10.2 Å². The molecular formula is C14H15N3O. The van der Waals surface area contributed by atoms with Crippen LogP contribution in [0.25, 0.3) is 11.0 Å². The lowest BCUT2D eigenvalue weighted by molar-refractivity contribution is 0.485. The van der Waals surface area contributed by atoms with E-state index in [-0.39, 0.29) is 6.04 Å². The first kappa shape index (κ1) is 11.0. The van der Waals surface area contributed by atoms with E-state index in [1.54, 1.807) is 6.20 Å². The van der Waals surface area contributed by atoms with Gasteiger partial charge in [-0.15, -0.1) is 0 Å². The van der Waals surface area contributed by atoms with E-state index in [1.165, 1.54) is 0 Å². The van der Waals surface area contributed by atoms with Gasteiger partial charge in [-0.1, -0.05) is 18.2 Å². The van der Waals surface area contributed by atoms with Crippen molar-refractivity contribution in [2.75, 3.05) is 0 Å². The quantitative estimate of drug-likeness (QED) is 0.766. The smallest absolute Gasteiger partial charge is 0.134 e. The summed E-state index contributed by atoms with van der Waals surface area (Å²) in [7, 11) is 1.97. The molecule has 0 amide bonds. The predicted molar refractivity (Wildman–Crippen MR) is 70.1 cm³/mol. The Morgan fingerprint density at radius 1 is 1.39 bits per heavy atom. The maximum absolute atomic E-state index is 6.17. The van der Waals surface area contributed by atoms with Crippen molar-refractivity contribution in [3.05, 3.63) is 54.3 Å². The maximum atomic E-state index is 6.17. The summed E-state index contributed by atoms with van der Waals surface area (Å²) in [5.74, 6) is 1.77. The van der Waals surface area contributed by atoms with Gasteiger partial charge in [-0.25, -0.2) is 4.98 Å². The molecule has 0 saturated carbocycles. The fourth-order valence-electron chi connectivity index (χ4n) is 2.08. The lowest BCUT2D eigenvalue weighted by atomic mass is 10.1. The van der Waals surface area contributed by atoms with Gasteiger partial charge in [0, 0.05) is 31.2 Å². The van der Waals surface area contributed by atoms with E-state index in [9.17, 15) is 0 Å². The second-order valence-corrected chi connectivity index (χ2v) is 4.45. The standard InChI is InChI=1S/C14H15N3O/c1-17-7-6-16-14(17)9-11(15)13-8-10-4-2-3-5-12(10)18-13/h2-8,11H,9,15H2,1H3. The van der Waals surface area contributed by atoms with Gasteiger partial charge in [-0.05, 0) is 12.1 Å². The highest BCUT2D eigenvalue weighted by molar-refractivity contribution is 5.77. The molecule has 92 valence electrons. The number of nitrogens with two attached hydrogens (primary N) is 1. The molecular weight excluding hydrogens is 226 g/mol. The summed E-state index contributed by atoms with van der Waals surface area (Å²) < 4.78 is 7.73. The lowest BCUT2D eigenvalue weighted by Crippen LogP contribution is -2.15. The summed E-state index contributed by atoms with van der Waals surface area (Å²) in [6, 6.07) is 9.76. The van der Waals surface area contributed by atoms with Crippen LogP contribution in [0.1, 0.15) is 17.6 Å². The van der Waals surface area contributed by atoms with Crippen LogP contribution in [0, 0.1) is 0 Å². The van der Waals surface area contributed by atoms with Crippen molar-refractivity contribution in [2.45, 2.75) is 12.5 Å². The SMILES string of the molecule is Cn1ccnc1CC(N)c1cc2ccccc2o1. The van der Waals surface area contributed by atoms with Gasteiger partial charge in [-0.3, -0.25) is 0 Å². The number of aromatic nitrogens is 2. The number of hydrogen-bond acceptors (Lipinski definition) is 3. The van der Waals surface area contributed by atoms with Crippen molar-refractivity contribution in [3.63, 3.8) is 0 Å². The molecule has 1 aromatic carbocycles. The Labute approximate surface area is 105 Å². The third-order valence-electron chi connectivity index (χ3n) is 3.13. The van der Waals surface area contributed by atoms with E-state index in [0.717, 1.165) is 22.6 Å². The van der Waals surface area contributed by atoms with Gasteiger partial charge < -0.3 is 14.7 Å². The van der Waals surface area contributed by atoms with Crippen molar-refractivity contribution in [1.82, 2.24) is 9.55 Å². The third-order valence-corrected chi connectivity index (χ3v) is 3.13. The fraction of sp³-hybridized carbons (Fsp3) is 0.214. The topological polar surface area (TPSA) is 57.0 Å². The van der Waals surface area contributed by atoms with Crippen LogP contribution in [-0.4, -0.2) is 9.55 Å². The van der Waals surface area contributed by atoms with Gasteiger partial charge >= 0.3 is 0 Å². The van der Waals surface area contributed by atoms with E-state index in [2.05, 4.69) is 4.98 Å². The first-order valence-corrected chi connectivity index (χ1v) is 5.94. The Morgan fingerprint density at radius 3 is 2.94 bits per heavy atom. The second-order valence-electron chi connectivity index (χ2n) is 4.45. The third kappa shape index (κ3) is 1.91. The summed E-state index contributed by atoms with van der Waals surface area (Å²) in [5, 5.41) is 1.09. The maximum Gasteiger partial charge on any atom is 0.134 e. The van der Waals surface area contributed by atoms with Crippen molar-refractivity contribution < 1.29 is 4.42 Å². The molecule has 0 fully saturated rings. The molecule has 1 atom stereocenters. The van der Waals surface area contributed by atoms with Crippen LogP contribution in [0.4, 0.5) is 0 Å². The largest absolute Gasteiger partial charge is 0.459 e. The number of rotatable bonds is 3. The van der Waals surface area contributed by atoms with Crippen LogP contribution in [-0.2, 0) is 13.5 Å². The van der Waals surface area contributed by atoms with E-state index in [1.807, 2.05) is 48.1 Å². The van der Waals surface area contributed by atoms with Gasteiger partial charge in [0.2, 0.25) is 0 Å². The molecule has 0 aliphatic heterocycles. The van der Waals surface area contributed by atoms with Crippen molar-refractivity contribution in [2.24, 2.45) is 12.8 Å². The first-order valence-electron chi connectivity index (χ1n) is 5.94. The number of hydrogen-bond donors (Lipinski definition) is 1. The van der Waals surface area contributed by atoms with Gasteiger partial charge in [0.05, 0.1) is 6.04 Å². The Morgan fingerprint density at radius 2 is 2.22 bits per heavy atom. The van der Waals surface area contributed by atoms with Crippen LogP contribution >= 0.6 is 0 Å². The zero-order valence-corrected chi connectivity index (χ0v) is 10.2. The van der Waals surface area contributed by atoms with E-state index >= 15 is 0 Å². The molecule has 4 nitrogen and oxygen atoms in total. The molecule has 0 bridgehead atoms. The van der Waals surface area contributed by atoms with Crippen molar-refractivity contribution in [3.8, 4) is 0 Å². The van der Waals surface area contributed by atoms with Crippen LogP contribution in [0.15, 0.2) is 47.1 Å². The Hall–Kier alpha value is -2.07. The normalized spacial score (nSPS) is 13.0. The molecule has 4 heteroatoms. The number of fused-ring (bicyclic) bond motifs is 1. The molecule has 0 aliphatic rings. The Kier molecular flexibility index (Phi) is 2.64. The minimum Gasteiger partial charge on any atom is -0.459 e. The lowest BCUT2D eigenvalue weighted by Gasteiger charge is -2.08. The number of aryl methyl sites for hydroxylation is 1. The predicted octanol–water partition coefficient (Wildman–Crippen LogP) is 2.41. The molecule has 2 aromatic heterocycles. The van der Waals surface area contributed by atoms with E-state index < -0.39 is 0 Å². The molecule has 0 aliphatic carbocycles. The van der Waals surface area contributed by atoms with Gasteiger partial charge in [0.15, 0.2) is 0 Å². The molecule has 18 heavy (non-hydrogen) atoms. The molecule has 0 saturated heterocycles. The highest BCUT2D eigenvalue weighted by Crippen LogP contribution is 2.24. The van der Waals surface area contributed by atoms with Crippen LogP contribution in [0.2, 0.25) is 0 Å². The summed E-state index contributed by atoms with van der Waals surface area (Å²) in [4.78, 5) is 4.28. The fourth-order valence-corrected chi connectivity index (χ4v) is 2.08. The summed E-state index contributed by atoms with van der Waals surface area (Å²) in [6.07, 6.45) is 4.37. The van der Waals surface area contributed by atoms with Crippen LogP contribution in [0.5, 0.6) is 0 Å². The van der Waals surface area contributed by atoms with Crippen LogP contribution in [0.3, 0.4) is 0 Å². The molecule has 0 spiro atoms. The summed E-state index contributed by atoms with van der Waals surface area (Å²) >= 11 is 0. The first-order chi connectivity index (χ1) is 8.74. The minimum absolute atomic E-state index is 0.168. The number of furan rings is 1. The average molecular weight is 241 g/mol. The number of benzene rings is 1. The average Bonchev–Trinajstić information content (AvgIpc) is 2.96. The number of para-hydroxylation sites is 1. The van der Waals surface area contributed by atoms with E-state index in [0.29, 0.717) is 6.42 Å². The molecule has 2 heterocycles. The van der Waals surface area contributed by atoms with Crippen molar-refractivity contribution >= 4 is 11.0 Å². The Bertz CT molecular complexity index is 635. The highest BCUT2D eigenvalue weighted by atomic mass is 16.3. The highest BCUT2D eigenvalue weighted by Gasteiger charge is 2.14. The minimum atomic E-state index is -0.168. The molecule has 2 N–H and O–H groups in total. The number of nitrogens with zero attached hydrogens (tertiary/aromatic N) is 2. The molecule has 3 aromatic rings. The molecule has 1 unspecified atom stereocenters. The van der Waals surface area contributed by atoms with Crippen LogP contribution < -0.4 is 5.73 Å². The number of imidazole rings is 1. The van der Waals surface area contributed by atoms with Gasteiger partial charge in [0.1, 0.15) is 17.2 Å². The second kappa shape index (κ2) is 4.31. The van der Waals surface area contributed by atoms with Gasteiger partial charge in [-0.2, -0.15) is 0 Å². The van der Waals surface area contributed by atoms with Crippen molar-refractivity contribution in [1.29, 1.82) is 0 Å². The summed E-state index contributed by atoms with van der Waals surface area (Å²) in [6.45, 7) is 0. The van der Waals surface area contributed by atoms with Gasteiger partial charge in [0.25, 0.3) is 0 Å². The zero-order chi connectivity index (χ0) is 12.5. The molecule has 3 rings (SSSR count). The monoisotopic (exact) mass is 241 g/mol. The Balaban J connectivity index is 1.88. The zero-order valence-electron chi connectivity index (χ0n) is 10.2. The summed E-state index contributed by atoms with van der Waals surface area (Å²) in [5.41, 5.74) is 7.05. The molecule has 0 radical (unpaired) electrons.